The van der Waals surface area contributed by atoms with Gasteiger partial charge in [-0.25, -0.2) is 4.79 Å². The van der Waals surface area contributed by atoms with E-state index in [1.165, 1.54) is 6.07 Å². The van der Waals surface area contributed by atoms with Gasteiger partial charge in [0.2, 0.25) is 5.91 Å². The van der Waals surface area contributed by atoms with E-state index in [1.807, 2.05) is 49.4 Å². The lowest BCUT2D eigenvalue weighted by atomic mass is 10.00. The van der Waals surface area contributed by atoms with Crippen LogP contribution in [0.2, 0.25) is 0 Å². The van der Waals surface area contributed by atoms with Gasteiger partial charge in [-0.3, -0.25) is 4.79 Å². The Hall–Kier alpha value is -3.08. The number of carbonyl (C=O) groups is 1. The number of carbonyl (C=O) groups excluding carboxylic acids is 1. The molecule has 0 radical (unpaired) electrons. The molecule has 0 bridgehead atoms. The van der Waals surface area contributed by atoms with Crippen LogP contribution in [0.15, 0.2) is 63.8 Å². The van der Waals surface area contributed by atoms with Gasteiger partial charge in [0.15, 0.2) is 0 Å². The minimum absolute atomic E-state index is 0.0434. The molecule has 0 saturated carbocycles. The van der Waals surface area contributed by atoms with Crippen molar-refractivity contribution in [2.75, 3.05) is 18.0 Å². The molecule has 5 heteroatoms. The van der Waals surface area contributed by atoms with Crippen LogP contribution in [0.5, 0.6) is 0 Å². The second-order valence-corrected chi connectivity index (χ2v) is 7.74. The van der Waals surface area contributed by atoms with Crippen molar-refractivity contribution in [3.05, 3.63) is 76.1 Å². The first-order valence-corrected chi connectivity index (χ1v) is 10.2. The standard InChI is InChI=1S/C24H26N2O3/c1-17-13-24(28)29-22-15-19(10-11-21(17)22)26-12-6-5-9-20(26)16-25-23(27)14-18-7-3-2-4-8-18/h2-4,7-8,10-11,13,15,20H,5-6,9,12,14,16H2,1H3,(H,25,27). The van der Waals surface area contributed by atoms with Crippen molar-refractivity contribution >= 4 is 22.6 Å². The largest absolute Gasteiger partial charge is 0.423 e. The molecule has 1 aliphatic rings. The molecule has 1 saturated heterocycles. The zero-order valence-corrected chi connectivity index (χ0v) is 16.7. The number of benzene rings is 2. The van der Waals surface area contributed by atoms with Crippen LogP contribution in [0.25, 0.3) is 11.0 Å². The molecule has 1 atom stereocenters. The van der Waals surface area contributed by atoms with Crippen LogP contribution < -0.4 is 15.8 Å². The molecular formula is C24H26N2O3. The Morgan fingerprint density at radius 1 is 1.14 bits per heavy atom. The fourth-order valence-corrected chi connectivity index (χ4v) is 4.12. The van der Waals surface area contributed by atoms with Crippen LogP contribution in [0.3, 0.4) is 0 Å². The minimum atomic E-state index is -0.324. The SMILES string of the molecule is Cc1cc(=O)oc2cc(N3CCCCC3CNC(=O)Cc3ccccc3)ccc12. The van der Waals surface area contributed by atoms with Crippen LogP contribution in [0, 0.1) is 6.92 Å². The molecule has 2 aromatic carbocycles. The second kappa shape index (κ2) is 8.52. The Morgan fingerprint density at radius 2 is 1.97 bits per heavy atom. The molecule has 1 unspecified atom stereocenters. The first-order chi connectivity index (χ1) is 14.1. The Bertz CT molecular complexity index is 1060. The van der Waals surface area contributed by atoms with Gasteiger partial charge in [0, 0.05) is 42.3 Å². The van der Waals surface area contributed by atoms with Crippen molar-refractivity contribution < 1.29 is 9.21 Å². The highest BCUT2D eigenvalue weighted by Crippen LogP contribution is 2.28. The van der Waals surface area contributed by atoms with Gasteiger partial charge in [-0.15, -0.1) is 0 Å². The maximum atomic E-state index is 12.4. The van der Waals surface area contributed by atoms with E-state index in [4.69, 9.17) is 4.42 Å². The summed E-state index contributed by atoms with van der Waals surface area (Å²) in [6, 6.07) is 17.6. The van der Waals surface area contributed by atoms with Crippen LogP contribution in [0.1, 0.15) is 30.4 Å². The zero-order chi connectivity index (χ0) is 20.2. The summed E-state index contributed by atoms with van der Waals surface area (Å²) in [5.74, 6) is 0.0434. The zero-order valence-electron chi connectivity index (χ0n) is 16.7. The molecule has 0 aliphatic carbocycles. The number of nitrogens with zero attached hydrogens (tertiary/aromatic N) is 1. The highest BCUT2D eigenvalue weighted by molar-refractivity contribution is 5.83. The lowest BCUT2D eigenvalue weighted by Crippen LogP contribution is -2.47. The van der Waals surface area contributed by atoms with E-state index in [-0.39, 0.29) is 17.6 Å². The molecule has 150 valence electrons. The third-order valence-corrected chi connectivity index (χ3v) is 5.64. The first-order valence-electron chi connectivity index (χ1n) is 10.2. The Morgan fingerprint density at radius 3 is 2.79 bits per heavy atom. The molecule has 2 heterocycles. The topological polar surface area (TPSA) is 62.6 Å². The predicted octanol–water partition coefficient (Wildman–Crippen LogP) is 3.82. The average molecular weight is 390 g/mol. The molecule has 1 N–H and O–H groups in total. The molecule has 4 rings (SSSR count). The van der Waals surface area contributed by atoms with E-state index in [9.17, 15) is 9.59 Å². The average Bonchev–Trinajstić information content (AvgIpc) is 2.72. The summed E-state index contributed by atoms with van der Waals surface area (Å²) >= 11 is 0. The van der Waals surface area contributed by atoms with Crippen LogP contribution in [-0.4, -0.2) is 25.0 Å². The highest BCUT2D eigenvalue weighted by Gasteiger charge is 2.23. The van der Waals surface area contributed by atoms with E-state index in [0.29, 0.717) is 18.5 Å². The summed E-state index contributed by atoms with van der Waals surface area (Å²) in [5.41, 5.74) is 3.27. The molecule has 1 fully saturated rings. The third-order valence-electron chi connectivity index (χ3n) is 5.64. The van der Waals surface area contributed by atoms with E-state index in [2.05, 4.69) is 16.3 Å². The Balaban J connectivity index is 1.48. The number of hydrogen-bond donors (Lipinski definition) is 1. The maximum absolute atomic E-state index is 12.4. The van der Waals surface area contributed by atoms with Crippen LogP contribution >= 0.6 is 0 Å². The molecule has 5 nitrogen and oxygen atoms in total. The maximum Gasteiger partial charge on any atom is 0.336 e. The Labute approximate surface area is 170 Å². The van der Waals surface area contributed by atoms with Gasteiger partial charge < -0.3 is 14.6 Å². The quantitative estimate of drug-likeness (QED) is 0.673. The van der Waals surface area contributed by atoms with Gasteiger partial charge in [0.05, 0.1) is 6.42 Å². The van der Waals surface area contributed by atoms with Gasteiger partial charge in [-0.1, -0.05) is 30.3 Å². The van der Waals surface area contributed by atoms with Crippen LogP contribution in [0.4, 0.5) is 5.69 Å². The van der Waals surface area contributed by atoms with Crippen molar-refractivity contribution in [3.8, 4) is 0 Å². The van der Waals surface area contributed by atoms with Gasteiger partial charge in [-0.05, 0) is 49.4 Å². The van der Waals surface area contributed by atoms with Crippen molar-refractivity contribution in [2.45, 2.75) is 38.6 Å². The molecule has 0 spiro atoms. The molecule has 29 heavy (non-hydrogen) atoms. The summed E-state index contributed by atoms with van der Waals surface area (Å²) in [7, 11) is 0. The van der Waals surface area contributed by atoms with E-state index in [1.54, 1.807) is 0 Å². The van der Waals surface area contributed by atoms with Crippen LogP contribution in [-0.2, 0) is 11.2 Å². The summed E-state index contributed by atoms with van der Waals surface area (Å²) < 4.78 is 5.42. The lowest BCUT2D eigenvalue weighted by molar-refractivity contribution is -0.120. The number of piperidine rings is 1. The monoisotopic (exact) mass is 390 g/mol. The van der Waals surface area contributed by atoms with Gasteiger partial charge >= 0.3 is 5.63 Å². The molecule has 1 aliphatic heterocycles. The summed E-state index contributed by atoms with van der Waals surface area (Å²) in [4.78, 5) is 26.5. The smallest absolute Gasteiger partial charge is 0.336 e. The number of anilines is 1. The van der Waals surface area contributed by atoms with Gasteiger partial charge in [0.1, 0.15) is 5.58 Å². The van der Waals surface area contributed by atoms with E-state index >= 15 is 0 Å². The van der Waals surface area contributed by atoms with Crippen molar-refractivity contribution in [3.63, 3.8) is 0 Å². The number of fused-ring (bicyclic) bond motifs is 1. The number of nitrogens with one attached hydrogen (secondary N) is 1. The molecule has 1 aromatic heterocycles. The fraction of sp³-hybridized carbons (Fsp3) is 0.333. The van der Waals surface area contributed by atoms with E-state index in [0.717, 1.165) is 48.0 Å². The number of aryl methyl sites for hydroxylation is 1. The fourth-order valence-electron chi connectivity index (χ4n) is 4.12. The second-order valence-electron chi connectivity index (χ2n) is 7.74. The molecule has 1 amide bonds. The number of rotatable bonds is 5. The van der Waals surface area contributed by atoms with E-state index < -0.39 is 0 Å². The number of hydrogen-bond acceptors (Lipinski definition) is 4. The third kappa shape index (κ3) is 4.50. The van der Waals surface area contributed by atoms with Gasteiger partial charge in [-0.2, -0.15) is 0 Å². The summed E-state index contributed by atoms with van der Waals surface area (Å²) in [6.45, 7) is 3.47. The van der Waals surface area contributed by atoms with Crippen molar-refractivity contribution in [2.24, 2.45) is 0 Å². The highest BCUT2D eigenvalue weighted by atomic mass is 16.4. The lowest BCUT2D eigenvalue weighted by Gasteiger charge is -2.37. The predicted molar refractivity (Wildman–Crippen MR) is 115 cm³/mol. The summed E-state index contributed by atoms with van der Waals surface area (Å²) in [5, 5.41) is 4.06. The Kier molecular flexibility index (Phi) is 5.65. The van der Waals surface area contributed by atoms with Gasteiger partial charge in [0.25, 0.3) is 0 Å². The van der Waals surface area contributed by atoms with Crippen molar-refractivity contribution in [1.29, 1.82) is 0 Å². The van der Waals surface area contributed by atoms with Crippen molar-refractivity contribution in [1.82, 2.24) is 5.32 Å². The normalized spacial score (nSPS) is 16.7. The molecule has 3 aromatic rings. The summed E-state index contributed by atoms with van der Waals surface area (Å²) in [6.07, 6.45) is 3.69. The number of amides is 1. The first kappa shape index (κ1) is 19.2. The molecular weight excluding hydrogens is 364 g/mol. The minimum Gasteiger partial charge on any atom is -0.423 e.